The first-order valence-electron chi connectivity index (χ1n) is 7.40. The summed E-state index contributed by atoms with van der Waals surface area (Å²) < 4.78 is 13.6. The minimum Gasteiger partial charge on any atom is -0.507 e. The van der Waals surface area contributed by atoms with E-state index in [0.29, 0.717) is 18.5 Å². The van der Waals surface area contributed by atoms with Crippen LogP contribution in [0.1, 0.15) is 48.5 Å². The van der Waals surface area contributed by atoms with Gasteiger partial charge in [-0.1, -0.05) is 6.42 Å². The number of carbonyl (C=O) groups is 1. The summed E-state index contributed by atoms with van der Waals surface area (Å²) in [5.41, 5.74) is 0.464. The summed E-state index contributed by atoms with van der Waals surface area (Å²) >= 11 is 0. The zero-order chi connectivity index (χ0) is 15.4. The summed E-state index contributed by atoms with van der Waals surface area (Å²) in [6.45, 7) is 2.69. The SMILES string of the molecule is CC(=O)c1cc(F)cc(CN2CCCCC2CCO)c1O. The van der Waals surface area contributed by atoms with Crippen molar-refractivity contribution in [3.05, 3.63) is 29.1 Å². The Bertz CT molecular complexity index is 516. The fraction of sp³-hybridized carbons (Fsp3) is 0.562. The lowest BCUT2D eigenvalue weighted by Gasteiger charge is -2.35. The lowest BCUT2D eigenvalue weighted by atomic mass is 9.98. The van der Waals surface area contributed by atoms with Crippen molar-refractivity contribution in [1.82, 2.24) is 4.90 Å². The number of carbonyl (C=O) groups excluding carboxylic acids is 1. The van der Waals surface area contributed by atoms with E-state index in [-0.39, 0.29) is 29.7 Å². The van der Waals surface area contributed by atoms with Crippen molar-refractivity contribution in [3.63, 3.8) is 0 Å². The molecule has 1 fully saturated rings. The fourth-order valence-electron chi connectivity index (χ4n) is 3.01. The Morgan fingerprint density at radius 3 is 2.86 bits per heavy atom. The quantitative estimate of drug-likeness (QED) is 0.819. The summed E-state index contributed by atoms with van der Waals surface area (Å²) in [5.74, 6) is -0.986. The number of halogens is 1. The van der Waals surface area contributed by atoms with Crippen LogP contribution in [0.5, 0.6) is 5.75 Å². The second-order valence-electron chi connectivity index (χ2n) is 5.65. The Hall–Kier alpha value is -1.46. The zero-order valence-corrected chi connectivity index (χ0v) is 12.3. The number of ketones is 1. The summed E-state index contributed by atoms with van der Waals surface area (Å²) in [6, 6.07) is 2.60. The number of phenols is 1. The van der Waals surface area contributed by atoms with Gasteiger partial charge in [-0.2, -0.15) is 0 Å². The van der Waals surface area contributed by atoms with E-state index >= 15 is 0 Å². The number of benzene rings is 1. The standard InChI is InChI=1S/C16H22FNO3/c1-11(20)15-9-13(17)8-12(16(15)21)10-18-6-3-2-4-14(18)5-7-19/h8-9,14,19,21H,2-7,10H2,1H3. The maximum absolute atomic E-state index is 13.6. The lowest BCUT2D eigenvalue weighted by molar-refractivity contribution is 0.101. The van der Waals surface area contributed by atoms with E-state index < -0.39 is 5.82 Å². The maximum atomic E-state index is 13.6. The van der Waals surface area contributed by atoms with E-state index in [1.807, 2.05) is 0 Å². The monoisotopic (exact) mass is 295 g/mol. The van der Waals surface area contributed by atoms with E-state index in [1.54, 1.807) is 0 Å². The number of hydrogen-bond donors (Lipinski definition) is 2. The summed E-state index contributed by atoms with van der Waals surface area (Å²) in [4.78, 5) is 13.6. The molecule has 4 nitrogen and oxygen atoms in total. The number of rotatable bonds is 5. The molecule has 1 heterocycles. The fourth-order valence-corrected chi connectivity index (χ4v) is 3.01. The molecule has 0 saturated carbocycles. The molecule has 1 aromatic rings. The predicted octanol–water partition coefficient (Wildman–Crippen LogP) is 2.47. The largest absolute Gasteiger partial charge is 0.507 e. The normalized spacial score (nSPS) is 19.7. The van der Waals surface area contributed by atoms with E-state index in [0.717, 1.165) is 31.9 Å². The van der Waals surface area contributed by atoms with Crippen molar-refractivity contribution in [1.29, 1.82) is 0 Å². The number of aliphatic hydroxyl groups excluding tert-OH is 1. The Kier molecular flexibility index (Phi) is 5.31. The Balaban J connectivity index is 2.23. The molecule has 1 aliphatic heterocycles. The number of Topliss-reactive ketones (excluding diaryl/α,β-unsaturated/α-hetero) is 1. The third kappa shape index (κ3) is 3.80. The molecule has 0 aliphatic carbocycles. The van der Waals surface area contributed by atoms with Crippen LogP contribution in [0.15, 0.2) is 12.1 Å². The molecule has 1 aliphatic rings. The first-order chi connectivity index (χ1) is 10.0. The van der Waals surface area contributed by atoms with Gasteiger partial charge < -0.3 is 10.2 Å². The van der Waals surface area contributed by atoms with E-state index in [2.05, 4.69) is 4.90 Å². The molecule has 5 heteroatoms. The molecule has 0 bridgehead atoms. The molecule has 0 radical (unpaired) electrons. The number of nitrogens with zero attached hydrogens (tertiary/aromatic N) is 1. The summed E-state index contributed by atoms with van der Waals surface area (Å²) in [7, 11) is 0. The van der Waals surface area contributed by atoms with Crippen LogP contribution in [0.4, 0.5) is 4.39 Å². The van der Waals surface area contributed by atoms with Crippen molar-refractivity contribution >= 4 is 5.78 Å². The van der Waals surface area contributed by atoms with Crippen molar-refractivity contribution in [2.75, 3.05) is 13.2 Å². The van der Waals surface area contributed by atoms with Crippen molar-refractivity contribution < 1.29 is 19.4 Å². The lowest BCUT2D eigenvalue weighted by Crippen LogP contribution is -2.39. The van der Waals surface area contributed by atoms with Gasteiger partial charge in [0.1, 0.15) is 11.6 Å². The van der Waals surface area contributed by atoms with Gasteiger partial charge in [0.2, 0.25) is 0 Å². The first kappa shape index (κ1) is 15.9. The topological polar surface area (TPSA) is 60.8 Å². The van der Waals surface area contributed by atoms with E-state index in [4.69, 9.17) is 5.11 Å². The molecule has 21 heavy (non-hydrogen) atoms. The predicted molar refractivity (Wildman–Crippen MR) is 77.8 cm³/mol. The van der Waals surface area contributed by atoms with Gasteiger partial charge >= 0.3 is 0 Å². The van der Waals surface area contributed by atoms with Crippen molar-refractivity contribution in [2.24, 2.45) is 0 Å². The number of aromatic hydroxyl groups is 1. The molecule has 2 rings (SSSR count). The van der Waals surface area contributed by atoms with Crippen molar-refractivity contribution in [2.45, 2.75) is 45.2 Å². The van der Waals surface area contributed by atoms with Gasteiger partial charge in [0, 0.05) is 24.8 Å². The van der Waals surface area contributed by atoms with E-state index in [9.17, 15) is 14.3 Å². The van der Waals surface area contributed by atoms with Crippen LogP contribution < -0.4 is 0 Å². The second kappa shape index (κ2) is 7.00. The number of piperidine rings is 1. The molecule has 0 spiro atoms. The van der Waals surface area contributed by atoms with Gasteiger partial charge in [-0.3, -0.25) is 9.69 Å². The van der Waals surface area contributed by atoms with Crippen LogP contribution in [-0.4, -0.2) is 40.1 Å². The van der Waals surface area contributed by atoms with Crippen LogP contribution in [-0.2, 0) is 6.54 Å². The Morgan fingerprint density at radius 1 is 1.43 bits per heavy atom. The molecule has 1 aromatic carbocycles. The first-order valence-corrected chi connectivity index (χ1v) is 7.40. The molecule has 2 N–H and O–H groups in total. The molecule has 1 saturated heterocycles. The molecule has 1 unspecified atom stereocenters. The average Bonchev–Trinajstić information content (AvgIpc) is 2.44. The highest BCUT2D eigenvalue weighted by Crippen LogP contribution is 2.29. The Morgan fingerprint density at radius 2 is 2.19 bits per heavy atom. The van der Waals surface area contributed by atoms with Gasteiger partial charge in [0.05, 0.1) is 5.56 Å². The van der Waals surface area contributed by atoms with Crippen LogP contribution in [0.25, 0.3) is 0 Å². The summed E-state index contributed by atoms with van der Waals surface area (Å²) in [5, 5.41) is 19.3. The smallest absolute Gasteiger partial charge is 0.163 e. The minimum absolute atomic E-state index is 0.0284. The second-order valence-corrected chi connectivity index (χ2v) is 5.65. The van der Waals surface area contributed by atoms with Crippen LogP contribution in [0.3, 0.4) is 0 Å². The molecular formula is C16H22FNO3. The zero-order valence-electron chi connectivity index (χ0n) is 12.3. The highest BCUT2D eigenvalue weighted by atomic mass is 19.1. The van der Waals surface area contributed by atoms with Gasteiger partial charge in [-0.05, 0) is 44.9 Å². The number of likely N-dealkylation sites (tertiary alicyclic amines) is 1. The average molecular weight is 295 g/mol. The summed E-state index contributed by atoms with van der Waals surface area (Å²) in [6.07, 6.45) is 3.85. The highest BCUT2D eigenvalue weighted by Gasteiger charge is 2.24. The van der Waals surface area contributed by atoms with Gasteiger partial charge in [0.15, 0.2) is 5.78 Å². The maximum Gasteiger partial charge on any atom is 0.163 e. The van der Waals surface area contributed by atoms with Crippen molar-refractivity contribution in [3.8, 4) is 5.75 Å². The van der Waals surface area contributed by atoms with Crippen LogP contribution in [0, 0.1) is 5.82 Å². The third-order valence-corrected chi connectivity index (χ3v) is 4.12. The third-order valence-electron chi connectivity index (χ3n) is 4.12. The van der Waals surface area contributed by atoms with Gasteiger partial charge in [-0.15, -0.1) is 0 Å². The molecular weight excluding hydrogens is 273 g/mol. The van der Waals surface area contributed by atoms with E-state index in [1.165, 1.54) is 13.0 Å². The molecule has 116 valence electrons. The number of phenolic OH excluding ortho intramolecular Hbond substituents is 1. The highest BCUT2D eigenvalue weighted by molar-refractivity contribution is 5.97. The molecule has 0 aromatic heterocycles. The Labute approximate surface area is 124 Å². The van der Waals surface area contributed by atoms with Crippen LogP contribution >= 0.6 is 0 Å². The minimum atomic E-state index is -0.510. The number of aliphatic hydroxyl groups is 1. The molecule has 0 amide bonds. The molecule has 1 atom stereocenters. The van der Waals surface area contributed by atoms with Crippen LogP contribution in [0.2, 0.25) is 0 Å². The number of hydrogen-bond acceptors (Lipinski definition) is 4. The van der Waals surface area contributed by atoms with Gasteiger partial charge in [-0.25, -0.2) is 4.39 Å². The van der Waals surface area contributed by atoms with Gasteiger partial charge in [0.25, 0.3) is 0 Å².